The zero-order valence-corrected chi connectivity index (χ0v) is 13.6. The van der Waals surface area contributed by atoms with Crippen LogP contribution in [-0.4, -0.2) is 17.9 Å². The second-order valence-electron chi connectivity index (χ2n) is 6.41. The van der Waals surface area contributed by atoms with Gasteiger partial charge >= 0.3 is 0 Å². The number of carbonyl (C=O) groups excluding carboxylic acids is 2. The van der Waals surface area contributed by atoms with Crippen molar-refractivity contribution >= 4 is 11.8 Å². The first kappa shape index (κ1) is 17.2. The van der Waals surface area contributed by atoms with E-state index >= 15 is 0 Å². The quantitative estimate of drug-likeness (QED) is 0.876. The summed E-state index contributed by atoms with van der Waals surface area (Å²) in [7, 11) is 0. The maximum absolute atomic E-state index is 11.9. The molecular formula is C17H26N2O2. The van der Waals surface area contributed by atoms with E-state index in [0.29, 0.717) is 12.1 Å². The molecule has 4 nitrogen and oxygen atoms in total. The number of carbonyl (C=O) groups is 2. The van der Waals surface area contributed by atoms with Crippen LogP contribution < -0.4 is 10.6 Å². The van der Waals surface area contributed by atoms with Gasteiger partial charge in [-0.2, -0.15) is 0 Å². The van der Waals surface area contributed by atoms with Crippen LogP contribution in [0.15, 0.2) is 24.3 Å². The third kappa shape index (κ3) is 5.58. The van der Waals surface area contributed by atoms with Gasteiger partial charge in [0.25, 0.3) is 5.91 Å². The molecule has 0 aliphatic heterocycles. The lowest BCUT2D eigenvalue weighted by molar-refractivity contribution is -0.128. The van der Waals surface area contributed by atoms with Crippen molar-refractivity contribution in [1.29, 1.82) is 0 Å². The van der Waals surface area contributed by atoms with Gasteiger partial charge in [-0.3, -0.25) is 9.59 Å². The Kier molecular flexibility index (Phi) is 5.94. The van der Waals surface area contributed by atoms with Gasteiger partial charge in [0, 0.05) is 23.6 Å². The Hall–Kier alpha value is -1.84. The summed E-state index contributed by atoms with van der Waals surface area (Å²) in [5, 5.41) is 5.82. The topological polar surface area (TPSA) is 58.2 Å². The second-order valence-corrected chi connectivity index (χ2v) is 6.41. The number of benzene rings is 1. The van der Waals surface area contributed by atoms with E-state index in [2.05, 4.69) is 10.6 Å². The monoisotopic (exact) mass is 290 g/mol. The number of hydrogen-bond donors (Lipinski definition) is 2. The van der Waals surface area contributed by atoms with Gasteiger partial charge in [0.2, 0.25) is 5.91 Å². The molecule has 2 N–H and O–H groups in total. The summed E-state index contributed by atoms with van der Waals surface area (Å²) in [5.41, 5.74) is 1.23. The maximum atomic E-state index is 11.9. The lowest BCUT2D eigenvalue weighted by Crippen LogP contribution is -2.34. The molecule has 1 unspecified atom stereocenters. The highest BCUT2D eigenvalue weighted by molar-refractivity contribution is 5.94. The van der Waals surface area contributed by atoms with Crippen molar-refractivity contribution in [3.63, 3.8) is 0 Å². The Morgan fingerprint density at radius 1 is 1.14 bits per heavy atom. The van der Waals surface area contributed by atoms with Gasteiger partial charge in [-0.25, -0.2) is 0 Å². The standard InChI is InChI=1S/C17H26N2O2/c1-6-12(2)19-15(20)14-9-7-13(8-10-14)11-18-16(21)17(3,4)5/h7-10,12H,6,11H2,1-5H3,(H,18,21)(H,19,20). The van der Waals surface area contributed by atoms with Crippen molar-refractivity contribution in [2.75, 3.05) is 0 Å². The van der Waals surface area contributed by atoms with Gasteiger partial charge in [-0.05, 0) is 31.0 Å². The minimum absolute atomic E-state index is 0.0149. The summed E-state index contributed by atoms with van der Waals surface area (Å²) in [6.45, 7) is 10.1. The molecule has 0 fully saturated rings. The Morgan fingerprint density at radius 3 is 2.19 bits per heavy atom. The smallest absolute Gasteiger partial charge is 0.251 e. The lowest BCUT2D eigenvalue weighted by atomic mass is 9.95. The molecule has 0 aliphatic carbocycles. The largest absolute Gasteiger partial charge is 0.352 e. The fourth-order valence-electron chi connectivity index (χ4n) is 1.63. The van der Waals surface area contributed by atoms with E-state index in [1.54, 1.807) is 12.1 Å². The molecule has 1 atom stereocenters. The summed E-state index contributed by atoms with van der Waals surface area (Å²) in [6, 6.07) is 7.48. The van der Waals surface area contributed by atoms with E-state index in [4.69, 9.17) is 0 Å². The molecule has 1 aromatic carbocycles. The molecule has 0 radical (unpaired) electrons. The predicted molar refractivity (Wildman–Crippen MR) is 85.0 cm³/mol. The van der Waals surface area contributed by atoms with Crippen LogP contribution in [0.25, 0.3) is 0 Å². The minimum atomic E-state index is -0.393. The van der Waals surface area contributed by atoms with Gasteiger partial charge < -0.3 is 10.6 Å². The molecule has 0 spiro atoms. The van der Waals surface area contributed by atoms with Crippen molar-refractivity contribution < 1.29 is 9.59 Å². The van der Waals surface area contributed by atoms with E-state index in [9.17, 15) is 9.59 Å². The average Bonchev–Trinajstić information content (AvgIpc) is 2.43. The molecule has 0 saturated heterocycles. The molecule has 1 rings (SSSR count). The third-order valence-electron chi connectivity index (χ3n) is 3.34. The number of nitrogens with one attached hydrogen (secondary N) is 2. The summed E-state index contributed by atoms with van der Waals surface area (Å²) >= 11 is 0. The number of amides is 2. The van der Waals surface area contributed by atoms with Crippen molar-refractivity contribution in [3.05, 3.63) is 35.4 Å². The van der Waals surface area contributed by atoms with E-state index in [0.717, 1.165) is 12.0 Å². The SMILES string of the molecule is CCC(C)NC(=O)c1ccc(CNC(=O)C(C)(C)C)cc1. The first-order valence-electron chi connectivity index (χ1n) is 7.42. The first-order valence-corrected chi connectivity index (χ1v) is 7.42. The van der Waals surface area contributed by atoms with Gasteiger partial charge in [-0.1, -0.05) is 39.8 Å². The fourth-order valence-corrected chi connectivity index (χ4v) is 1.63. The molecule has 2 amide bonds. The van der Waals surface area contributed by atoms with Gasteiger partial charge in [0.1, 0.15) is 0 Å². The molecule has 0 saturated carbocycles. The van der Waals surface area contributed by atoms with Crippen molar-refractivity contribution in [1.82, 2.24) is 10.6 Å². The van der Waals surface area contributed by atoms with Crippen molar-refractivity contribution in [3.8, 4) is 0 Å². The van der Waals surface area contributed by atoms with Gasteiger partial charge in [0.15, 0.2) is 0 Å². The van der Waals surface area contributed by atoms with E-state index in [1.165, 1.54) is 0 Å². The van der Waals surface area contributed by atoms with E-state index < -0.39 is 5.41 Å². The molecule has 4 heteroatoms. The molecule has 0 aliphatic rings. The normalized spacial score (nSPS) is 12.6. The Bertz CT molecular complexity index is 487. The van der Waals surface area contributed by atoms with Crippen LogP contribution in [0.2, 0.25) is 0 Å². The average molecular weight is 290 g/mol. The van der Waals surface area contributed by atoms with Crippen LogP contribution in [0.4, 0.5) is 0 Å². The van der Waals surface area contributed by atoms with Gasteiger partial charge in [0.05, 0.1) is 0 Å². The molecule has 0 heterocycles. The first-order chi connectivity index (χ1) is 9.74. The highest BCUT2D eigenvalue weighted by Gasteiger charge is 2.20. The Labute approximate surface area is 127 Å². The second kappa shape index (κ2) is 7.25. The van der Waals surface area contributed by atoms with E-state index in [1.807, 2.05) is 46.8 Å². The molecule has 0 aromatic heterocycles. The zero-order valence-electron chi connectivity index (χ0n) is 13.6. The Morgan fingerprint density at radius 2 is 1.71 bits per heavy atom. The number of hydrogen-bond acceptors (Lipinski definition) is 2. The van der Waals surface area contributed by atoms with Gasteiger partial charge in [-0.15, -0.1) is 0 Å². The zero-order chi connectivity index (χ0) is 16.0. The molecular weight excluding hydrogens is 264 g/mol. The molecule has 0 bridgehead atoms. The summed E-state index contributed by atoms with van der Waals surface area (Å²) in [6.07, 6.45) is 0.905. The highest BCUT2D eigenvalue weighted by Crippen LogP contribution is 2.13. The summed E-state index contributed by atoms with van der Waals surface area (Å²) < 4.78 is 0. The molecule has 116 valence electrons. The van der Waals surface area contributed by atoms with Crippen molar-refractivity contribution in [2.45, 2.75) is 53.6 Å². The van der Waals surface area contributed by atoms with Crippen LogP contribution in [0, 0.1) is 5.41 Å². The fraction of sp³-hybridized carbons (Fsp3) is 0.529. The Balaban J connectivity index is 2.58. The van der Waals surface area contributed by atoms with E-state index in [-0.39, 0.29) is 17.9 Å². The summed E-state index contributed by atoms with van der Waals surface area (Å²) in [5.74, 6) is -0.0456. The molecule has 1 aromatic rings. The van der Waals surface area contributed by atoms with Crippen LogP contribution in [0.1, 0.15) is 57.0 Å². The van der Waals surface area contributed by atoms with Crippen LogP contribution >= 0.6 is 0 Å². The predicted octanol–water partition coefficient (Wildman–Crippen LogP) is 2.88. The van der Waals surface area contributed by atoms with Crippen molar-refractivity contribution in [2.24, 2.45) is 5.41 Å². The lowest BCUT2D eigenvalue weighted by Gasteiger charge is -2.17. The highest BCUT2D eigenvalue weighted by atomic mass is 16.2. The number of rotatable bonds is 5. The van der Waals surface area contributed by atoms with Crippen LogP contribution in [0.5, 0.6) is 0 Å². The maximum Gasteiger partial charge on any atom is 0.251 e. The third-order valence-corrected chi connectivity index (χ3v) is 3.34. The van der Waals surface area contributed by atoms with Crippen LogP contribution in [0.3, 0.4) is 0 Å². The van der Waals surface area contributed by atoms with Crippen LogP contribution in [-0.2, 0) is 11.3 Å². The molecule has 21 heavy (non-hydrogen) atoms. The summed E-state index contributed by atoms with van der Waals surface area (Å²) in [4.78, 5) is 23.7. The minimum Gasteiger partial charge on any atom is -0.352 e.